The number of anilines is 1. The molecule has 0 aliphatic rings. The van der Waals surface area contributed by atoms with Gasteiger partial charge < -0.3 is 15.8 Å². The van der Waals surface area contributed by atoms with Crippen LogP contribution in [0.1, 0.15) is 19.3 Å². The quantitative estimate of drug-likeness (QED) is 0.254. The summed E-state index contributed by atoms with van der Waals surface area (Å²) in [4.78, 5) is 2.20. The third-order valence-corrected chi connectivity index (χ3v) is 2.50. The molecule has 4 nitrogen and oxygen atoms in total. The number of benzene rings is 1. The Bertz CT molecular complexity index is 324. The van der Waals surface area contributed by atoms with Gasteiger partial charge in [0.1, 0.15) is 5.84 Å². The van der Waals surface area contributed by atoms with E-state index in [0.717, 1.165) is 19.4 Å². The third kappa shape index (κ3) is 4.21. The van der Waals surface area contributed by atoms with Gasteiger partial charge in [-0.2, -0.15) is 0 Å². The summed E-state index contributed by atoms with van der Waals surface area (Å²) in [6, 6.07) is 10.2. The molecule has 0 radical (unpaired) electrons. The molecule has 1 aromatic carbocycles. The number of nitrogens with two attached hydrogens (primary N) is 1. The third-order valence-electron chi connectivity index (χ3n) is 2.50. The Labute approximate surface area is 96.4 Å². The van der Waals surface area contributed by atoms with Gasteiger partial charge in [-0.25, -0.2) is 0 Å². The molecule has 0 spiro atoms. The first-order chi connectivity index (χ1) is 7.74. The Morgan fingerprint density at radius 3 is 2.62 bits per heavy atom. The van der Waals surface area contributed by atoms with Crippen LogP contribution in [0.3, 0.4) is 0 Å². The summed E-state index contributed by atoms with van der Waals surface area (Å²) >= 11 is 0. The van der Waals surface area contributed by atoms with Crippen LogP contribution in [0, 0.1) is 0 Å². The Kier molecular flexibility index (Phi) is 5.19. The number of amidine groups is 1. The van der Waals surface area contributed by atoms with Gasteiger partial charge in [0.2, 0.25) is 0 Å². The van der Waals surface area contributed by atoms with Gasteiger partial charge in [0.05, 0.1) is 0 Å². The average Bonchev–Trinajstić information content (AvgIpc) is 2.35. The highest BCUT2D eigenvalue weighted by atomic mass is 16.4. The number of nitrogens with zero attached hydrogens (tertiary/aromatic N) is 2. The minimum atomic E-state index is 0.308. The Morgan fingerprint density at radius 2 is 2.00 bits per heavy atom. The standard InChI is InChI=1S/C12H19N3O/c1-15(11-7-3-2-4-8-11)10-6-5-9-12(13)14-16/h2-4,7-8,16H,5-6,9-10H2,1H3,(H2,13,14). The molecule has 0 bridgehead atoms. The molecule has 0 amide bonds. The smallest absolute Gasteiger partial charge is 0.139 e. The van der Waals surface area contributed by atoms with E-state index in [1.54, 1.807) is 0 Å². The van der Waals surface area contributed by atoms with E-state index in [4.69, 9.17) is 10.9 Å². The average molecular weight is 221 g/mol. The number of rotatable bonds is 6. The molecular formula is C12H19N3O. The van der Waals surface area contributed by atoms with Crippen molar-refractivity contribution in [3.8, 4) is 0 Å². The van der Waals surface area contributed by atoms with E-state index in [0.29, 0.717) is 12.3 Å². The molecule has 0 aliphatic heterocycles. The molecule has 16 heavy (non-hydrogen) atoms. The number of hydrogen-bond donors (Lipinski definition) is 2. The summed E-state index contributed by atoms with van der Waals surface area (Å²) < 4.78 is 0. The predicted octanol–water partition coefficient (Wildman–Crippen LogP) is 2.04. The molecule has 0 unspecified atom stereocenters. The van der Waals surface area contributed by atoms with E-state index >= 15 is 0 Å². The number of hydrogen-bond acceptors (Lipinski definition) is 3. The molecule has 0 aromatic heterocycles. The molecule has 4 heteroatoms. The summed E-state index contributed by atoms with van der Waals surface area (Å²) in [6.45, 7) is 0.975. The SMILES string of the molecule is CN(CCCCC(N)=NO)c1ccccc1. The van der Waals surface area contributed by atoms with Gasteiger partial charge in [0.15, 0.2) is 0 Å². The van der Waals surface area contributed by atoms with Crippen molar-refractivity contribution in [2.75, 3.05) is 18.5 Å². The molecule has 88 valence electrons. The van der Waals surface area contributed by atoms with Gasteiger partial charge in [-0.05, 0) is 25.0 Å². The molecule has 0 atom stereocenters. The fourth-order valence-electron chi connectivity index (χ4n) is 1.52. The molecule has 0 aliphatic carbocycles. The highest BCUT2D eigenvalue weighted by Gasteiger charge is 1.99. The second kappa shape index (κ2) is 6.71. The van der Waals surface area contributed by atoms with Crippen molar-refractivity contribution >= 4 is 11.5 Å². The van der Waals surface area contributed by atoms with Crippen molar-refractivity contribution in [1.82, 2.24) is 0 Å². The summed E-state index contributed by atoms with van der Waals surface area (Å²) in [6.07, 6.45) is 2.62. The predicted molar refractivity (Wildman–Crippen MR) is 67.0 cm³/mol. The lowest BCUT2D eigenvalue weighted by Gasteiger charge is -2.18. The first-order valence-corrected chi connectivity index (χ1v) is 5.46. The zero-order valence-corrected chi connectivity index (χ0v) is 9.63. The maximum Gasteiger partial charge on any atom is 0.139 e. The van der Waals surface area contributed by atoms with Gasteiger partial charge >= 0.3 is 0 Å². The van der Waals surface area contributed by atoms with E-state index < -0.39 is 0 Å². The van der Waals surface area contributed by atoms with E-state index in [1.807, 2.05) is 18.2 Å². The van der Waals surface area contributed by atoms with Crippen molar-refractivity contribution in [1.29, 1.82) is 0 Å². The van der Waals surface area contributed by atoms with Crippen LogP contribution in [-0.4, -0.2) is 24.6 Å². The Hall–Kier alpha value is -1.71. The van der Waals surface area contributed by atoms with Crippen LogP contribution in [0.25, 0.3) is 0 Å². The van der Waals surface area contributed by atoms with Gasteiger partial charge in [-0.1, -0.05) is 23.4 Å². The monoisotopic (exact) mass is 221 g/mol. The van der Waals surface area contributed by atoms with E-state index in [-0.39, 0.29) is 0 Å². The number of para-hydroxylation sites is 1. The van der Waals surface area contributed by atoms with Crippen LogP contribution in [0.2, 0.25) is 0 Å². The summed E-state index contributed by atoms with van der Waals surface area (Å²) in [5.41, 5.74) is 6.60. The van der Waals surface area contributed by atoms with Crippen LogP contribution in [0.4, 0.5) is 5.69 Å². The molecule has 0 saturated carbocycles. The largest absolute Gasteiger partial charge is 0.409 e. The Morgan fingerprint density at radius 1 is 1.31 bits per heavy atom. The molecule has 0 fully saturated rings. The van der Waals surface area contributed by atoms with Crippen LogP contribution >= 0.6 is 0 Å². The van der Waals surface area contributed by atoms with Crippen LogP contribution in [0.5, 0.6) is 0 Å². The van der Waals surface area contributed by atoms with Crippen molar-refractivity contribution in [2.45, 2.75) is 19.3 Å². The van der Waals surface area contributed by atoms with Gasteiger partial charge in [-0.3, -0.25) is 0 Å². The molecular weight excluding hydrogens is 202 g/mol. The van der Waals surface area contributed by atoms with Crippen molar-refractivity contribution in [2.24, 2.45) is 10.9 Å². The van der Waals surface area contributed by atoms with E-state index in [1.165, 1.54) is 5.69 Å². The highest BCUT2D eigenvalue weighted by Crippen LogP contribution is 2.11. The first-order valence-electron chi connectivity index (χ1n) is 5.46. The zero-order chi connectivity index (χ0) is 11.8. The normalized spacial score (nSPS) is 11.4. The minimum Gasteiger partial charge on any atom is -0.409 e. The van der Waals surface area contributed by atoms with Crippen molar-refractivity contribution in [3.63, 3.8) is 0 Å². The summed E-state index contributed by atoms with van der Waals surface area (Å²) in [7, 11) is 2.07. The lowest BCUT2D eigenvalue weighted by Crippen LogP contribution is -2.19. The van der Waals surface area contributed by atoms with Gasteiger partial charge in [0.25, 0.3) is 0 Å². The topological polar surface area (TPSA) is 61.8 Å². The Balaban J connectivity index is 2.23. The maximum absolute atomic E-state index is 8.37. The van der Waals surface area contributed by atoms with E-state index in [2.05, 4.69) is 29.2 Å². The van der Waals surface area contributed by atoms with Gasteiger partial charge in [0, 0.05) is 25.7 Å². The van der Waals surface area contributed by atoms with Crippen molar-refractivity contribution < 1.29 is 5.21 Å². The lowest BCUT2D eigenvalue weighted by molar-refractivity contribution is 0.316. The van der Waals surface area contributed by atoms with Crippen LogP contribution < -0.4 is 10.6 Å². The first kappa shape index (κ1) is 12.4. The lowest BCUT2D eigenvalue weighted by atomic mass is 10.2. The maximum atomic E-state index is 8.37. The second-order valence-corrected chi connectivity index (χ2v) is 3.81. The molecule has 1 rings (SSSR count). The fraction of sp³-hybridized carbons (Fsp3) is 0.417. The number of oxime groups is 1. The van der Waals surface area contributed by atoms with Crippen molar-refractivity contribution in [3.05, 3.63) is 30.3 Å². The van der Waals surface area contributed by atoms with Crippen LogP contribution in [-0.2, 0) is 0 Å². The second-order valence-electron chi connectivity index (χ2n) is 3.81. The molecule has 0 heterocycles. The zero-order valence-electron chi connectivity index (χ0n) is 9.63. The summed E-state index contributed by atoms with van der Waals surface area (Å²) in [5.74, 6) is 0.308. The molecule has 3 N–H and O–H groups in total. The molecule has 0 saturated heterocycles. The van der Waals surface area contributed by atoms with Crippen LogP contribution in [0.15, 0.2) is 35.5 Å². The minimum absolute atomic E-state index is 0.308. The summed E-state index contributed by atoms with van der Waals surface area (Å²) in [5, 5.41) is 11.3. The number of unbranched alkanes of at least 4 members (excludes halogenated alkanes) is 1. The molecule has 1 aromatic rings. The van der Waals surface area contributed by atoms with Gasteiger partial charge in [-0.15, -0.1) is 0 Å². The fourth-order valence-corrected chi connectivity index (χ4v) is 1.52. The van der Waals surface area contributed by atoms with E-state index in [9.17, 15) is 0 Å². The highest BCUT2D eigenvalue weighted by molar-refractivity contribution is 5.79.